The molecule has 16 heavy (non-hydrogen) atoms. The Balaban J connectivity index is 2.03. The van der Waals surface area contributed by atoms with E-state index in [9.17, 15) is 4.79 Å². The van der Waals surface area contributed by atoms with Gasteiger partial charge in [0.05, 0.1) is 18.0 Å². The first kappa shape index (κ1) is 10.3. The number of carbonyl (C=O) groups is 1. The molecule has 0 N–H and O–H groups in total. The van der Waals surface area contributed by atoms with Gasteiger partial charge in [0.2, 0.25) is 11.1 Å². The molecular weight excluding hydrogens is 244 g/mol. The second kappa shape index (κ2) is 3.89. The molecule has 0 aliphatic carbocycles. The van der Waals surface area contributed by atoms with Crippen LogP contribution in [0.3, 0.4) is 0 Å². The molecule has 0 bridgehead atoms. The first-order chi connectivity index (χ1) is 7.78. The van der Waals surface area contributed by atoms with Crippen molar-refractivity contribution in [2.24, 2.45) is 10.9 Å². The summed E-state index contributed by atoms with van der Waals surface area (Å²) >= 11 is 3.17. The lowest BCUT2D eigenvalue weighted by molar-refractivity contribution is -0.111. The van der Waals surface area contributed by atoms with Gasteiger partial charge in [-0.2, -0.15) is 16.7 Å². The molecule has 1 saturated heterocycles. The number of carbonyl (C=O) groups excluding carboxylic acids is 1. The molecule has 0 spiro atoms. The van der Waals surface area contributed by atoms with E-state index in [2.05, 4.69) is 15.1 Å². The summed E-state index contributed by atoms with van der Waals surface area (Å²) in [5, 5.41) is 5.05. The summed E-state index contributed by atoms with van der Waals surface area (Å²) in [6.07, 6.45) is 1.93. The van der Waals surface area contributed by atoms with Gasteiger partial charge >= 0.3 is 0 Å². The molecule has 1 fully saturated rings. The van der Waals surface area contributed by atoms with Crippen molar-refractivity contribution in [2.45, 2.75) is 11.7 Å². The summed E-state index contributed by atoms with van der Waals surface area (Å²) in [4.78, 5) is 20.3. The molecule has 3 heterocycles. The zero-order valence-electron chi connectivity index (χ0n) is 8.71. The van der Waals surface area contributed by atoms with E-state index in [4.69, 9.17) is 0 Å². The molecule has 0 amide bonds. The summed E-state index contributed by atoms with van der Waals surface area (Å²) in [5.74, 6) is 2.46. The second-order valence-electron chi connectivity index (χ2n) is 3.71. The van der Waals surface area contributed by atoms with Crippen molar-refractivity contribution < 1.29 is 4.79 Å². The average molecular weight is 254 g/mol. The van der Waals surface area contributed by atoms with E-state index in [1.165, 1.54) is 11.8 Å². The number of fused-ring (bicyclic) bond motifs is 2. The number of ketones is 1. The second-order valence-corrected chi connectivity index (χ2v) is 5.52. The number of hydrogen-bond donors (Lipinski definition) is 0. The lowest BCUT2D eigenvalue weighted by Crippen LogP contribution is -2.37. The third-order valence-corrected chi connectivity index (χ3v) is 4.30. The van der Waals surface area contributed by atoms with Crippen molar-refractivity contribution in [3.05, 3.63) is 0 Å². The van der Waals surface area contributed by atoms with Gasteiger partial charge in [-0.25, -0.2) is 9.67 Å². The minimum absolute atomic E-state index is 0.154. The van der Waals surface area contributed by atoms with Crippen LogP contribution in [0, 0.1) is 5.92 Å². The van der Waals surface area contributed by atoms with Crippen molar-refractivity contribution in [3.8, 4) is 0 Å². The van der Waals surface area contributed by atoms with E-state index in [0.29, 0.717) is 17.4 Å². The number of rotatable bonds is 1. The maximum atomic E-state index is 11.7. The lowest BCUT2D eigenvalue weighted by Gasteiger charge is -2.25. The summed E-state index contributed by atoms with van der Waals surface area (Å²) in [7, 11) is 0. The Hall–Kier alpha value is -0.820. The zero-order chi connectivity index (χ0) is 11.1. The van der Waals surface area contributed by atoms with Gasteiger partial charge in [-0.3, -0.25) is 4.79 Å². The Kier molecular flexibility index (Phi) is 2.51. The van der Waals surface area contributed by atoms with Gasteiger partial charge in [0.15, 0.2) is 5.78 Å². The van der Waals surface area contributed by atoms with Crippen LogP contribution in [-0.4, -0.2) is 44.0 Å². The fourth-order valence-corrected chi connectivity index (χ4v) is 3.24. The number of thioether (sulfide) groups is 2. The number of hydrogen-bond acceptors (Lipinski definition) is 6. The van der Waals surface area contributed by atoms with Crippen LogP contribution < -0.4 is 0 Å². The first-order valence-corrected chi connectivity index (χ1v) is 7.34. The van der Waals surface area contributed by atoms with E-state index in [-0.39, 0.29) is 11.7 Å². The Morgan fingerprint density at radius 3 is 3.25 bits per heavy atom. The van der Waals surface area contributed by atoms with Crippen LogP contribution in [0.4, 0.5) is 5.95 Å². The van der Waals surface area contributed by atoms with Gasteiger partial charge in [-0.15, -0.1) is 5.10 Å². The predicted molar refractivity (Wildman–Crippen MR) is 64.7 cm³/mol. The maximum Gasteiger partial charge on any atom is 0.249 e. The molecule has 3 rings (SSSR count). The molecule has 0 radical (unpaired) electrons. The highest BCUT2D eigenvalue weighted by atomic mass is 32.2. The van der Waals surface area contributed by atoms with E-state index in [1.54, 1.807) is 16.4 Å². The van der Waals surface area contributed by atoms with Crippen molar-refractivity contribution >= 4 is 41.0 Å². The number of Topliss-reactive ketones (excluding diaryl/α,β-unsaturated/α-hetero) is 1. The molecule has 0 aromatic carbocycles. The molecule has 1 aromatic rings. The van der Waals surface area contributed by atoms with E-state index in [0.717, 1.165) is 17.5 Å². The molecule has 2 aliphatic rings. The van der Waals surface area contributed by atoms with Crippen molar-refractivity contribution in [1.82, 2.24) is 14.8 Å². The standard InChI is InChI=1S/C9H10N4OS2/c1-15-9-11-8-10-7-5(2-13(8)12-9)3-16-4-6(7)14/h5H,2-4H2,1H3. The fourth-order valence-electron chi connectivity index (χ4n) is 1.89. The van der Waals surface area contributed by atoms with Gasteiger partial charge in [0.1, 0.15) is 0 Å². The first-order valence-electron chi connectivity index (χ1n) is 4.96. The van der Waals surface area contributed by atoms with Crippen molar-refractivity contribution in [1.29, 1.82) is 0 Å². The third-order valence-electron chi connectivity index (χ3n) is 2.65. The summed E-state index contributed by atoms with van der Waals surface area (Å²) in [6.45, 7) is 0.737. The SMILES string of the molecule is CSc1nc2n(n1)CC1CSCC(=O)C1=N2. The Bertz CT molecular complexity index is 482. The molecule has 2 aliphatic heterocycles. The van der Waals surface area contributed by atoms with Crippen LogP contribution in [0.2, 0.25) is 0 Å². The Labute approximate surface area is 101 Å². The molecule has 84 valence electrons. The van der Waals surface area contributed by atoms with Gasteiger partial charge in [0.25, 0.3) is 0 Å². The van der Waals surface area contributed by atoms with E-state index in [1.807, 2.05) is 6.26 Å². The van der Waals surface area contributed by atoms with Crippen LogP contribution >= 0.6 is 23.5 Å². The van der Waals surface area contributed by atoms with Crippen molar-refractivity contribution in [3.63, 3.8) is 0 Å². The maximum absolute atomic E-state index is 11.7. The molecule has 1 aromatic heterocycles. The van der Waals surface area contributed by atoms with Gasteiger partial charge < -0.3 is 0 Å². The van der Waals surface area contributed by atoms with Gasteiger partial charge in [-0.1, -0.05) is 11.8 Å². The average Bonchev–Trinajstić information content (AvgIpc) is 2.69. The zero-order valence-corrected chi connectivity index (χ0v) is 10.3. The molecule has 5 nitrogen and oxygen atoms in total. The normalized spacial score (nSPS) is 23.7. The number of aromatic nitrogens is 3. The summed E-state index contributed by atoms with van der Waals surface area (Å²) < 4.78 is 1.80. The predicted octanol–water partition coefficient (Wildman–Crippen LogP) is 1.02. The highest BCUT2D eigenvalue weighted by Crippen LogP contribution is 2.28. The van der Waals surface area contributed by atoms with Crippen LogP contribution in [0.5, 0.6) is 0 Å². The van der Waals surface area contributed by atoms with E-state index < -0.39 is 0 Å². The van der Waals surface area contributed by atoms with Gasteiger partial charge in [-0.05, 0) is 6.26 Å². The largest absolute Gasteiger partial charge is 0.292 e. The quantitative estimate of drug-likeness (QED) is 0.700. The van der Waals surface area contributed by atoms with Crippen LogP contribution in [-0.2, 0) is 11.3 Å². The highest BCUT2D eigenvalue weighted by molar-refractivity contribution is 8.00. The van der Waals surface area contributed by atoms with Crippen molar-refractivity contribution in [2.75, 3.05) is 17.8 Å². The topological polar surface area (TPSA) is 60.1 Å². The van der Waals surface area contributed by atoms with Crippen LogP contribution in [0.15, 0.2) is 10.1 Å². The Morgan fingerprint density at radius 1 is 1.56 bits per heavy atom. The molecule has 1 atom stereocenters. The minimum Gasteiger partial charge on any atom is -0.292 e. The van der Waals surface area contributed by atoms with Gasteiger partial charge in [0, 0.05) is 11.7 Å². The number of aliphatic imine (C=N–C) groups is 1. The van der Waals surface area contributed by atoms with Crippen LogP contribution in [0.1, 0.15) is 0 Å². The molecule has 1 unspecified atom stereocenters. The summed E-state index contributed by atoms with van der Waals surface area (Å²) in [5.41, 5.74) is 0.700. The monoisotopic (exact) mass is 254 g/mol. The minimum atomic E-state index is 0.154. The summed E-state index contributed by atoms with van der Waals surface area (Å²) in [6, 6.07) is 0. The fraction of sp³-hybridized carbons (Fsp3) is 0.556. The highest BCUT2D eigenvalue weighted by Gasteiger charge is 2.32. The Morgan fingerprint density at radius 2 is 2.44 bits per heavy atom. The lowest BCUT2D eigenvalue weighted by atomic mass is 10.0. The van der Waals surface area contributed by atoms with Crippen LogP contribution in [0.25, 0.3) is 0 Å². The molecule has 0 saturated carbocycles. The third kappa shape index (κ3) is 1.58. The number of nitrogens with zero attached hydrogens (tertiary/aromatic N) is 4. The molecular formula is C9H10N4OS2. The van der Waals surface area contributed by atoms with E-state index >= 15 is 0 Å². The molecule has 7 heteroatoms. The smallest absolute Gasteiger partial charge is 0.249 e.